The number of aliphatic carboxylic acids is 1. The van der Waals surface area contributed by atoms with Gasteiger partial charge in [-0.15, -0.1) is 0 Å². The monoisotopic (exact) mass is 291 g/mol. The summed E-state index contributed by atoms with van der Waals surface area (Å²) in [5.74, 6) is -3.81. The Kier molecular flexibility index (Phi) is 4.34. The van der Waals surface area contributed by atoms with Crippen LogP contribution in [0.25, 0.3) is 10.9 Å². The molecule has 1 atom stereocenters. The lowest BCUT2D eigenvalue weighted by molar-refractivity contribution is -0.158. The molecule has 2 rings (SSSR count). The minimum atomic E-state index is -1.90. The van der Waals surface area contributed by atoms with Crippen molar-refractivity contribution in [3.8, 4) is 0 Å². The van der Waals surface area contributed by atoms with Crippen LogP contribution in [0.4, 0.5) is 0 Å². The number of H-pyrrole nitrogens is 1. The van der Waals surface area contributed by atoms with Gasteiger partial charge in [-0.25, -0.2) is 9.59 Å². The predicted molar refractivity (Wildman–Crippen MR) is 71.4 cm³/mol. The summed E-state index contributed by atoms with van der Waals surface area (Å²) in [5.41, 5.74) is 1.57. The Balaban J connectivity index is 1.95. The van der Waals surface area contributed by atoms with E-state index in [1.54, 1.807) is 6.20 Å². The summed E-state index contributed by atoms with van der Waals surface area (Å²) in [4.78, 5) is 36.2. The first-order valence-electron chi connectivity index (χ1n) is 6.15. The Bertz CT molecular complexity index is 690. The minimum Gasteiger partial charge on any atom is -0.479 e. The molecule has 0 bridgehead atoms. The standard InChI is InChI=1S/C14H13NO6/c16-11(13(18)19)5-12(17)14(20)21-7-8-6-15-10-4-2-1-3-9(8)10/h1-4,6,11,15-16H,5,7H2,(H,18,19). The first-order chi connectivity index (χ1) is 9.99. The van der Waals surface area contributed by atoms with Crippen LogP contribution in [0.5, 0.6) is 0 Å². The van der Waals surface area contributed by atoms with Gasteiger partial charge < -0.3 is 19.9 Å². The number of ether oxygens (including phenoxy) is 1. The number of nitrogens with one attached hydrogen (secondary N) is 1. The number of carboxylic acids is 1. The van der Waals surface area contributed by atoms with Gasteiger partial charge in [0.2, 0.25) is 5.78 Å². The SMILES string of the molecule is O=C(CC(O)C(=O)O)C(=O)OCc1c[nH]c2ccccc12. The quantitative estimate of drug-likeness (QED) is 0.530. The number of hydrogen-bond acceptors (Lipinski definition) is 5. The molecule has 3 N–H and O–H groups in total. The van der Waals surface area contributed by atoms with E-state index in [0.717, 1.165) is 10.9 Å². The third-order valence-corrected chi connectivity index (χ3v) is 2.93. The second kappa shape index (κ2) is 6.19. The maximum absolute atomic E-state index is 11.4. The number of para-hydroxylation sites is 1. The number of aromatic amines is 1. The van der Waals surface area contributed by atoms with Crippen molar-refractivity contribution in [2.24, 2.45) is 0 Å². The molecule has 0 amide bonds. The summed E-state index contributed by atoms with van der Waals surface area (Å²) < 4.78 is 4.82. The maximum Gasteiger partial charge on any atom is 0.375 e. The summed E-state index contributed by atoms with van der Waals surface area (Å²) in [6.45, 7) is -0.113. The van der Waals surface area contributed by atoms with E-state index in [2.05, 4.69) is 4.98 Å². The van der Waals surface area contributed by atoms with Crippen LogP contribution in [0.15, 0.2) is 30.5 Å². The van der Waals surface area contributed by atoms with Crippen molar-refractivity contribution in [3.05, 3.63) is 36.0 Å². The van der Waals surface area contributed by atoms with Gasteiger partial charge in [0.15, 0.2) is 6.10 Å². The Hall–Kier alpha value is -2.67. The van der Waals surface area contributed by atoms with Crippen molar-refractivity contribution in [2.45, 2.75) is 19.1 Å². The van der Waals surface area contributed by atoms with Gasteiger partial charge in [-0.3, -0.25) is 4.79 Å². The number of carbonyl (C=O) groups is 3. The smallest absolute Gasteiger partial charge is 0.375 e. The highest BCUT2D eigenvalue weighted by Crippen LogP contribution is 2.18. The first kappa shape index (κ1) is 14.7. The Morgan fingerprint density at radius 1 is 1.24 bits per heavy atom. The van der Waals surface area contributed by atoms with Crippen molar-refractivity contribution >= 4 is 28.6 Å². The summed E-state index contributed by atoms with van der Waals surface area (Å²) in [6.07, 6.45) is -1.05. The number of rotatable bonds is 6. The average Bonchev–Trinajstić information content (AvgIpc) is 2.87. The van der Waals surface area contributed by atoms with E-state index < -0.39 is 30.2 Å². The van der Waals surface area contributed by atoms with E-state index >= 15 is 0 Å². The summed E-state index contributed by atoms with van der Waals surface area (Å²) in [7, 11) is 0. The molecular formula is C14H13NO6. The first-order valence-corrected chi connectivity index (χ1v) is 6.15. The van der Waals surface area contributed by atoms with Crippen LogP contribution in [0.2, 0.25) is 0 Å². The summed E-state index contributed by atoms with van der Waals surface area (Å²) in [6, 6.07) is 7.38. The zero-order valence-electron chi connectivity index (χ0n) is 10.9. The average molecular weight is 291 g/mol. The third-order valence-electron chi connectivity index (χ3n) is 2.93. The van der Waals surface area contributed by atoms with Crippen molar-refractivity contribution in [1.82, 2.24) is 4.98 Å². The lowest BCUT2D eigenvalue weighted by atomic mass is 10.2. The van der Waals surface area contributed by atoms with E-state index in [1.165, 1.54) is 0 Å². The highest BCUT2D eigenvalue weighted by molar-refractivity contribution is 6.34. The van der Waals surface area contributed by atoms with Gasteiger partial charge in [-0.2, -0.15) is 0 Å². The van der Waals surface area contributed by atoms with E-state index in [0.29, 0.717) is 5.56 Å². The van der Waals surface area contributed by atoms with Crippen LogP contribution in [0, 0.1) is 0 Å². The number of hydrogen-bond donors (Lipinski definition) is 3. The number of fused-ring (bicyclic) bond motifs is 1. The Morgan fingerprint density at radius 2 is 1.95 bits per heavy atom. The molecule has 1 aromatic carbocycles. The fourth-order valence-corrected chi connectivity index (χ4v) is 1.82. The minimum absolute atomic E-state index is 0.113. The van der Waals surface area contributed by atoms with Gasteiger partial charge in [0.05, 0.1) is 6.42 Å². The molecule has 0 saturated heterocycles. The lowest BCUT2D eigenvalue weighted by Gasteiger charge is -2.05. The van der Waals surface area contributed by atoms with Crippen LogP contribution in [0.3, 0.4) is 0 Å². The number of benzene rings is 1. The van der Waals surface area contributed by atoms with Gasteiger partial charge in [-0.05, 0) is 6.07 Å². The van der Waals surface area contributed by atoms with Gasteiger partial charge in [0.1, 0.15) is 6.61 Å². The molecule has 1 unspecified atom stereocenters. The van der Waals surface area contributed by atoms with E-state index in [9.17, 15) is 14.4 Å². The molecule has 110 valence electrons. The molecule has 0 saturated carbocycles. The highest BCUT2D eigenvalue weighted by atomic mass is 16.5. The molecule has 1 heterocycles. The van der Waals surface area contributed by atoms with Crippen LogP contribution in [0.1, 0.15) is 12.0 Å². The van der Waals surface area contributed by atoms with Gasteiger partial charge in [-0.1, -0.05) is 18.2 Å². The van der Waals surface area contributed by atoms with Crippen molar-refractivity contribution in [1.29, 1.82) is 0 Å². The molecule has 0 fully saturated rings. The number of carboxylic acid groups (broad SMARTS) is 1. The van der Waals surface area contributed by atoms with Gasteiger partial charge in [0, 0.05) is 22.7 Å². The molecule has 21 heavy (non-hydrogen) atoms. The second-order valence-electron chi connectivity index (χ2n) is 4.42. The second-order valence-corrected chi connectivity index (χ2v) is 4.42. The predicted octanol–water partition coefficient (Wildman–Crippen LogP) is 0.616. The zero-order chi connectivity index (χ0) is 15.4. The van der Waals surface area contributed by atoms with Gasteiger partial charge >= 0.3 is 11.9 Å². The van der Waals surface area contributed by atoms with Crippen molar-refractivity contribution in [3.63, 3.8) is 0 Å². The molecule has 0 aliphatic heterocycles. The molecule has 2 aromatic rings. The molecule has 1 aromatic heterocycles. The largest absolute Gasteiger partial charge is 0.479 e. The third kappa shape index (κ3) is 3.46. The Labute approximate surface area is 119 Å². The number of ketones is 1. The van der Waals surface area contributed by atoms with Crippen LogP contribution < -0.4 is 0 Å². The number of aromatic nitrogens is 1. The highest BCUT2D eigenvalue weighted by Gasteiger charge is 2.24. The summed E-state index contributed by atoms with van der Waals surface area (Å²) in [5, 5.41) is 18.3. The van der Waals surface area contributed by atoms with Crippen LogP contribution in [-0.4, -0.2) is 39.0 Å². The topological polar surface area (TPSA) is 117 Å². The molecule has 0 radical (unpaired) electrons. The maximum atomic E-state index is 11.4. The molecule has 7 heteroatoms. The van der Waals surface area contributed by atoms with E-state index in [4.69, 9.17) is 14.9 Å². The number of Topliss-reactive ketones (excluding diaryl/α,β-unsaturated/α-hetero) is 1. The lowest BCUT2D eigenvalue weighted by Crippen LogP contribution is -2.28. The van der Waals surface area contributed by atoms with Crippen LogP contribution >= 0.6 is 0 Å². The fraction of sp³-hybridized carbons (Fsp3) is 0.214. The van der Waals surface area contributed by atoms with Crippen LogP contribution in [-0.2, 0) is 25.7 Å². The van der Waals surface area contributed by atoms with E-state index in [-0.39, 0.29) is 6.61 Å². The summed E-state index contributed by atoms with van der Waals surface area (Å²) >= 11 is 0. The van der Waals surface area contributed by atoms with E-state index in [1.807, 2.05) is 24.3 Å². The molecular weight excluding hydrogens is 278 g/mol. The Morgan fingerprint density at radius 3 is 2.67 bits per heavy atom. The molecule has 0 aliphatic rings. The molecule has 0 aliphatic carbocycles. The van der Waals surface area contributed by atoms with Crippen molar-refractivity contribution < 1.29 is 29.3 Å². The number of aliphatic hydroxyl groups is 1. The van der Waals surface area contributed by atoms with Gasteiger partial charge in [0.25, 0.3) is 0 Å². The number of carbonyl (C=O) groups excluding carboxylic acids is 2. The zero-order valence-corrected chi connectivity index (χ0v) is 10.9. The normalized spacial score (nSPS) is 12.0. The number of aliphatic hydroxyl groups excluding tert-OH is 1. The van der Waals surface area contributed by atoms with Crippen molar-refractivity contribution in [2.75, 3.05) is 0 Å². The molecule has 7 nitrogen and oxygen atoms in total. The molecule has 0 spiro atoms. The number of esters is 1. The fourth-order valence-electron chi connectivity index (χ4n) is 1.82.